The van der Waals surface area contributed by atoms with Gasteiger partial charge in [-0.05, 0) is 119 Å². The van der Waals surface area contributed by atoms with Crippen LogP contribution >= 0.6 is 0 Å². The highest BCUT2D eigenvalue weighted by molar-refractivity contribution is 5.87. The van der Waals surface area contributed by atoms with Crippen molar-refractivity contribution in [2.24, 2.45) is 40.4 Å². The van der Waals surface area contributed by atoms with Crippen molar-refractivity contribution < 1.29 is 23.9 Å². The number of rotatable bonds is 12. The van der Waals surface area contributed by atoms with E-state index in [4.69, 9.17) is 9.47 Å². The van der Waals surface area contributed by atoms with Crippen LogP contribution in [-0.4, -0.2) is 72.1 Å². The molecule has 7 heteroatoms. The Morgan fingerprint density at radius 1 is 0.935 bits per heavy atom. The summed E-state index contributed by atoms with van der Waals surface area (Å²) in [5.41, 5.74) is -0.248. The minimum atomic E-state index is -0.428. The normalized spacial score (nSPS) is 38.4. The van der Waals surface area contributed by atoms with Gasteiger partial charge in [0, 0.05) is 18.4 Å². The van der Waals surface area contributed by atoms with Crippen molar-refractivity contribution in [3.05, 3.63) is 0 Å². The van der Waals surface area contributed by atoms with Crippen LogP contribution in [0.15, 0.2) is 0 Å². The number of nitrogens with zero attached hydrogens (tertiary/aromatic N) is 2. The third-order valence-electron chi connectivity index (χ3n) is 14.3. The molecule has 1 aliphatic heterocycles. The number of Topliss-reactive ketones (excluding diaryl/α,β-unsaturated/α-hetero) is 1. The van der Waals surface area contributed by atoms with E-state index in [1.807, 2.05) is 4.90 Å². The average Bonchev–Trinajstić information content (AvgIpc) is 3.53. The Kier molecular flexibility index (Phi) is 10.5. The number of unbranched alkanes of at least 4 members (excludes halogenated alkanes) is 2. The fourth-order valence-electron chi connectivity index (χ4n) is 11.5. The van der Waals surface area contributed by atoms with Crippen LogP contribution in [0.25, 0.3) is 0 Å². The predicted molar refractivity (Wildman–Crippen MR) is 180 cm³/mol. The van der Waals surface area contributed by atoms with Gasteiger partial charge < -0.3 is 14.4 Å². The lowest BCUT2D eigenvalue weighted by Crippen LogP contribution is -2.56. The lowest BCUT2D eigenvalue weighted by atomic mass is 9.44. The molecule has 6 fully saturated rings. The average molecular weight is 641 g/mol. The number of fused-ring (bicyclic) bond motifs is 5. The van der Waals surface area contributed by atoms with Gasteiger partial charge in [-0.1, -0.05) is 59.8 Å². The van der Waals surface area contributed by atoms with E-state index < -0.39 is 5.60 Å². The van der Waals surface area contributed by atoms with E-state index in [-0.39, 0.29) is 34.9 Å². The molecule has 1 spiro atoms. The van der Waals surface area contributed by atoms with E-state index in [0.29, 0.717) is 49.1 Å². The first kappa shape index (κ1) is 34.2. The van der Waals surface area contributed by atoms with Crippen LogP contribution in [0.4, 0.5) is 4.79 Å². The molecule has 5 aliphatic carbocycles. The van der Waals surface area contributed by atoms with Crippen molar-refractivity contribution in [3.63, 3.8) is 0 Å². The summed E-state index contributed by atoms with van der Waals surface area (Å²) in [7, 11) is 0. The first-order valence-corrected chi connectivity index (χ1v) is 19.5. The highest BCUT2D eigenvalue weighted by atomic mass is 16.6. The zero-order valence-corrected chi connectivity index (χ0v) is 29.7. The zero-order valence-electron chi connectivity index (χ0n) is 29.7. The Bertz CT molecular complexity index is 1100. The second kappa shape index (κ2) is 14.1. The van der Waals surface area contributed by atoms with Gasteiger partial charge in [-0.15, -0.1) is 0 Å². The molecular weight excluding hydrogens is 576 g/mol. The summed E-state index contributed by atoms with van der Waals surface area (Å²) in [6, 6.07) is 0. The molecule has 0 bridgehead atoms. The fraction of sp³-hybridized carbons (Fsp3) is 0.923. The monoisotopic (exact) mass is 640 g/mol. The molecule has 7 nitrogen and oxygen atoms in total. The van der Waals surface area contributed by atoms with Gasteiger partial charge in [0.05, 0.1) is 19.0 Å². The van der Waals surface area contributed by atoms with Crippen molar-refractivity contribution in [2.75, 3.05) is 32.7 Å². The van der Waals surface area contributed by atoms with Crippen LogP contribution in [-0.2, 0) is 19.1 Å². The zero-order chi connectivity index (χ0) is 32.5. The summed E-state index contributed by atoms with van der Waals surface area (Å²) in [5, 5.41) is 0. The molecule has 1 saturated heterocycles. The maximum atomic E-state index is 13.6. The number of amides is 1. The lowest BCUT2D eigenvalue weighted by Gasteiger charge is -2.61. The van der Waals surface area contributed by atoms with Crippen molar-refractivity contribution in [3.8, 4) is 0 Å². The largest absolute Gasteiger partial charge is 0.459 e. The van der Waals surface area contributed by atoms with E-state index in [9.17, 15) is 14.4 Å². The van der Waals surface area contributed by atoms with Gasteiger partial charge in [0.1, 0.15) is 17.5 Å². The Morgan fingerprint density at radius 2 is 1.67 bits per heavy atom. The molecule has 6 rings (SSSR count). The quantitative estimate of drug-likeness (QED) is 0.200. The van der Waals surface area contributed by atoms with Gasteiger partial charge in [-0.2, -0.15) is 0 Å². The van der Waals surface area contributed by atoms with Crippen LogP contribution in [0, 0.1) is 40.4 Å². The molecule has 1 unspecified atom stereocenters. The Labute approximate surface area is 279 Å². The van der Waals surface area contributed by atoms with Crippen molar-refractivity contribution in [1.82, 2.24) is 9.80 Å². The molecule has 1 heterocycles. The number of hydrogen-bond donors (Lipinski definition) is 0. The first-order valence-electron chi connectivity index (χ1n) is 19.5. The molecular formula is C39H64N2O5. The molecule has 0 aromatic carbocycles. The van der Waals surface area contributed by atoms with Gasteiger partial charge in [0.25, 0.3) is 0 Å². The molecule has 0 aromatic rings. The van der Waals surface area contributed by atoms with Gasteiger partial charge in [0.15, 0.2) is 0 Å². The number of carbonyl (C=O) groups is 3. The molecule has 6 aliphatic rings. The third-order valence-corrected chi connectivity index (χ3v) is 14.3. The Balaban J connectivity index is 1.12. The van der Waals surface area contributed by atoms with Crippen molar-refractivity contribution in [2.45, 2.75) is 155 Å². The molecule has 5 saturated carbocycles. The van der Waals surface area contributed by atoms with E-state index >= 15 is 0 Å². The molecule has 8 atom stereocenters. The molecule has 1 amide bonds. The highest BCUT2D eigenvalue weighted by Crippen LogP contribution is 2.66. The van der Waals surface area contributed by atoms with Gasteiger partial charge >= 0.3 is 12.1 Å². The van der Waals surface area contributed by atoms with Gasteiger partial charge in [0.2, 0.25) is 0 Å². The van der Waals surface area contributed by atoms with Crippen LogP contribution < -0.4 is 0 Å². The number of carbonyl (C=O) groups excluding carboxylic acids is 3. The maximum Gasteiger partial charge on any atom is 0.410 e. The van der Waals surface area contributed by atoms with Crippen LogP contribution in [0.3, 0.4) is 0 Å². The third kappa shape index (κ3) is 6.66. The summed E-state index contributed by atoms with van der Waals surface area (Å²) in [6.07, 6.45) is 18.7. The Morgan fingerprint density at radius 3 is 2.39 bits per heavy atom. The fourth-order valence-corrected chi connectivity index (χ4v) is 11.5. The highest BCUT2D eigenvalue weighted by Gasteiger charge is 2.63. The topological polar surface area (TPSA) is 76.2 Å². The van der Waals surface area contributed by atoms with Gasteiger partial charge in [-0.25, -0.2) is 4.79 Å². The van der Waals surface area contributed by atoms with Crippen LogP contribution in [0.2, 0.25) is 0 Å². The smallest absolute Gasteiger partial charge is 0.410 e. The predicted octanol–water partition coefficient (Wildman–Crippen LogP) is 8.18. The van der Waals surface area contributed by atoms with E-state index in [1.165, 1.54) is 25.7 Å². The summed E-state index contributed by atoms with van der Waals surface area (Å²) < 4.78 is 12.7. The summed E-state index contributed by atoms with van der Waals surface area (Å²) in [4.78, 5) is 44.2. The van der Waals surface area contributed by atoms with E-state index in [2.05, 4.69) is 32.6 Å². The molecule has 0 aromatic heterocycles. The molecule has 0 N–H and O–H groups in total. The van der Waals surface area contributed by atoms with Crippen LogP contribution in [0.1, 0.15) is 143 Å². The van der Waals surface area contributed by atoms with Gasteiger partial charge in [-0.3, -0.25) is 14.5 Å². The minimum absolute atomic E-state index is 0.000915. The number of ketones is 1. The Hall–Kier alpha value is -1.63. The van der Waals surface area contributed by atoms with E-state index in [1.54, 1.807) is 0 Å². The van der Waals surface area contributed by atoms with E-state index in [0.717, 1.165) is 103 Å². The summed E-state index contributed by atoms with van der Waals surface area (Å²) in [6.45, 7) is 13.0. The van der Waals surface area contributed by atoms with Crippen molar-refractivity contribution >= 4 is 17.8 Å². The second-order valence-electron chi connectivity index (χ2n) is 17.1. The molecule has 0 radical (unpaired) electrons. The van der Waals surface area contributed by atoms with Crippen molar-refractivity contribution in [1.29, 1.82) is 0 Å². The first-order chi connectivity index (χ1) is 22.1. The maximum absolute atomic E-state index is 13.6. The number of ether oxygens (including phenoxy) is 2. The SMILES string of the molecule is CCCCN(CCCC)CC(CN1C[C@]2(CC[C@@]3(C)[C@@H](CC[C@@H]4[C@@H]3CC[C@]3(C)C(=O)CC[C@@H]43)C2)OC1=O)OC(=O)C1CCCCC1. The minimum Gasteiger partial charge on any atom is -0.459 e. The lowest BCUT2D eigenvalue weighted by molar-refractivity contribution is -0.156. The van der Waals surface area contributed by atoms with Crippen LogP contribution in [0.5, 0.6) is 0 Å². The molecule has 260 valence electrons. The number of hydrogen-bond acceptors (Lipinski definition) is 6. The molecule has 46 heavy (non-hydrogen) atoms. The number of esters is 1. The summed E-state index contributed by atoms with van der Waals surface area (Å²) >= 11 is 0. The summed E-state index contributed by atoms with van der Waals surface area (Å²) in [5.74, 6) is 2.93. The standard InChI is InChI=1S/C39H64N2O5/c1-5-7-22-40(23-8-6-2)25-30(45-35(43)28-12-10-9-11-13-28)26-41-27-39(46-36(41)44)21-20-37(3)29(24-39)14-15-31-32-16-17-34(42)38(32,4)19-18-33(31)37/h28-33H,5-27H2,1-4H3/t29-,30?,31-,32-,33-,37-,38-,39+/m0/s1. The second-order valence-corrected chi connectivity index (χ2v) is 17.1.